The van der Waals surface area contributed by atoms with E-state index < -0.39 is 11.6 Å². The zero-order valence-electron chi connectivity index (χ0n) is 12.2. The first-order chi connectivity index (χ1) is 9.99. The van der Waals surface area contributed by atoms with Crippen LogP contribution in [-0.2, 0) is 13.0 Å². The molecule has 0 aliphatic rings. The number of halogens is 2. The lowest BCUT2D eigenvalue weighted by molar-refractivity contribution is 0.287. The molecule has 0 amide bonds. The minimum absolute atomic E-state index is 0.0145. The Hall–Kier alpha value is -1.94. The van der Waals surface area contributed by atoms with Gasteiger partial charge in [0.15, 0.2) is 0 Å². The SMILES string of the molecule is Cc1cccc(CC(C)N)c1OCc1c(F)cccc1F. The molecule has 0 saturated heterocycles. The molecule has 2 aromatic carbocycles. The molecule has 0 saturated carbocycles. The Morgan fingerprint density at radius 1 is 1.10 bits per heavy atom. The lowest BCUT2D eigenvalue weighted by Gasteiger charge is -2.16. The number of ether oxygens (including phenoxy) is 1. The van der Waals surface area contributed by atoms with Crippen molar-refractivity contribution in [3.8, 4) is 5.75 Å². The van der Waals surface area contributed by atoms with E-state index >= 15 is 0 Å². The van der Waals surface area contributed by atoms with Crippen molar-refractivity contribution >= 4 is 0 Å². The first-order valence-corrected chi connectivity index (χ1v) is 6.88. The van der Waals surface area contributed by atoms with E-state index in [1.807, 2.05) is 32.0 Å². The lowest BCUT2D eigenvalue weighted by Crippen LogP contribution is -2.18. The van der Waals surface area contributed by atoms with Gasteiger partial charge in [-0.15, -0.1) is 0 Å². The molecule has 1 atom stereocenters. The van der Waals surface area contributed by atoms with Crippen molar-refractivity contribution in [3.05, 3.63) is 64.7 Å². The summed E-state index contributed by atoms with van der Waals surface area (Å²) < 4.78 is 32.9. The van der Waals surface area contributed by atoms with Gasteiger partial charge in [0.05, 0.1) is 5.56 Å². The van der Waals surface area contributed by atoms with Crippen molar-refractivity contribution in [1.82, 2.24) is 0 Å². The van der Waals surface area contributed by atoms with Crippen LogP contribution in [0.25, 0.3) is 0 Å². The van der Waals surface area contributed by atoms with E-state index in [0.717, 1.165) is 11.1 Å². The van der Waals surface area contributed by atoms with Crippen LogP contribution in [-0.4, -0.2) is 6.04 Å². The number of para-hydroxylation sites is 1. The van der Waals surface area contributed by atoms with Gasteiger partial charge >= 0.3 is 0 Å². The number of rotatable bonds is 5. The summed E-state index contributed by atoms with van der Waals surface area (Å²) in [5.74, 6) is -0.549. The molecule has 0 aromatic heterocycles. The highest BCUT2D eigenvalue weighted by Crippen LogP contribution is 2.26. The zero-order chi connectivity index (χ0) is 15.4. The fourth-order valence-electron chi connectivity index (χ4n) is 2.24. The summed E-state index contributed by atoms with van der Waals surface area (Å²) in [6, 6.07) is 9.51. The molecule has 1 unspecified atom stereocenters. The predicted molar refractivity (Wildman–Crippen MR) is 79.2 cm³/mol. The summed E-state index contributed by atoms with van der Waals surface area (Å²) in [7, 11) is 0. The Morgan fingerprint density at radius 2 is 1.71 bits per heavy atom. The topological polar surface area (TPSA) is 35.2 Å². The number of aryl methyl sites for hydroxylation is 1. The van der Waals surface area contributed by atoms with Gasteiger partial charge in [-0.1, -0.05) is 24.3 Å². The van der Waals surface area contributed by atoms with Gasteiger partial charge in [0.2, 0.25) is 0 Å². The molecule has 0 heterocycles. The largest absolute Gasteiger partial charge is 0.488 e. The molecule has 2 nitrogen and oxygen atoms in total. The van der Waals surface area contributed by atoms with Crippen LogP contribution >= 0.6 is 0 Å². The fraction of sp³-hybridized carbons (Fsp3) is 0.294. The molecule has 0 bridgehead atoms. The van der Waals surface area contributed by atoms with Gasteiger partial charge in [-0.2, -0.15) is 0 Å². The Balaban J connectivity index is 2.24. The van der Waals surface area contributed by atoms with Crippen molar-refractivity contribution in [2.24, 2.45) is 5.73 Å². The number of benzene rings is 2. The first kappa shape index (κ1) is 15.4. The van der Waals surface area contributed by atoms with E-state index in [-0.39, 0.29) is 18.2 Å². The maximum Gasteiger partial charge on any atom is 0.132 e. The van der Waals surface area contributed by atoms with Crippen LogP contribution in [0.4, 0.5) is 8.78 Å². The molecule has 0 spiro atoms. The predicted octanol–water partition coefficient (Wildman–Crippen LogP) is 3.74. The second-order valence-corrected chi connectivity index (χ2v) is 5.23. The Bertz CT molecular complexity index is 606. The standard InChI is InChI=1S/C17H19F2NO/c1-11-5-3-6-13(9-12(2)20)17(11)21-10-14-15(18)7-4-8-16(14)19/h3-8,12H,9-10,20H2,1-2H3. The van der Waals surface area contributed by atoms with Gasteiger partial charge in [0.25, 0.3) is 0 Å². The van der Waals surface area contributed by atoms with E-state index in [1.165, 1.54) is 18.2 Å². The highest BCUT2D eigenvalue weighted by atomic mass is 19.1. The van der Waals surface area contributed by atoms with Gasteiger partial charge in [-0.3, -0.25) is 0 Å². The van der Waals surface area contributed by atoms with Crippen molar-refractivity contribution < 1.29 is 13.5 Å². The quantitative estimate of drug-likeness (QED) is 0.910. The zero-order valence-corrected chi connectivity index (χ0v) is 12.2. The molecule has 0 aliphatic carbocycles. The molecule has 4 heteroatoms. The average molecular weight is 291 g/mol. The van der Waals surface area contributed by atoms with Crippen LogP contribution < -0.4 is 10.5 Å². The summed E-state index contributed by atoms with van der Waals surface area (Å²) in [5.41, 5.74) is 7.63. The fourth-order valence-corrected chi connectivity index (χ4v) is 2.24. The van der Waals surface area contributed by atoms with Gasteiger partial charge in [-0.25, -0.2) is 8.78 Å². The second-order valence-electron chi connectivity index (χ2n) is 5.23. The van der Waals surface area contributed by atoms with E-state index in [9.17, 15) is 8.78 Å². The summed E-state index contributed by atoms with van der Waals surface area (Å²) in [6.45, 7) is 3.66. The molecule has 0 fully saturated rings. The van der Waals surface area contributed by atoms with Gasteiger partial charge < -0.3 is 10.5 Å². The van der Waals surface area contributed by atoms with Crippen LogP contribution in [0.1, 0.15) is 23.6 Å². The Kier molecular flexibility index (Phi) is 4.91. The van der Waals surface area contributed by atoms with Crippen LogP contribution in [0.3, 0.4) is 0 Å². The van der Waals surface area contributed by atoms with Crippen molar-refractivity contribution in [1.29, 1.82) is 0 Å². The molecule has 2 N–H and O–H groups in total. The van der Waals surface area contributed by atoms with Crippen molar-refractivity contribution in [2.45, 2.75) is 32.9 Å². The third-order valence-electron chi connectivity index (χ3n) is 3.26. The summed E-state index contributed by atoms with van der Waals surface area (Å²) >= 11 is 0. The first-order valence-electron chi connectivity index (χ1n) is 6.88. The summed E-state index contributed by atoms with van der Waals surface area (Å²) in [4.78, 5) is 0. The van der Waals surface area contributed by atoms with Gasteiger partial charge in [0.1, 0.15) is 24.0 Å². The van der Waals surface area contributed by atoms with E-state index in [2.05, 4.69) is 0 Å². The average Bonchev–Trinajstić information content (AvgIpc) is 2.40. The number of hydrogen-bond donors (Lipinski definition) is 1. The maximum atomic E-state index is 13.6. The summed E-state index contributed by atoms with van der Waals surface area (Å²) in [6.07, 6.45) is 0.650. The smallest absolute Gasteiger partial charge is 0.132 e. The van der Waals surface area contributed by atoms with Gasteiger partial charge in [-0.05, 0) is 43.5 Å². The van der Waals surface area contributed by atoms with E-state index in [4.69, 9.17) is 10.5 Å². The molecular formula is C17H19F2NO. The third-order valence-corrected chi connectivity index (χ3v) is 3.26. The minimum atomic E-state index is -0.600. The monoisotopic (exact) mass is 291 g/mol. The van der Waals surface area contributed by atoms with Crippen LogP contribution in [0, 0.1) is 18.6 Å². The second kappa shape index (κ2) is 6.68. The molecule has 112 valence electrons. The highest BCUT2D eigenvalue weighted by molar-refractivity contribution is 5.41. The van der Waals surface area contributed by atoms with E-state index in [1.54, 1.807) is 0 Å². The van der Waals surface area contributed by atoms with Crippen molar-refractivity contribution in [3.63, 3.8) is 0 Å². The normalized spacial score (nSPS) is 12.2. The van der Waals surface area contributed by atoms with Crippen LogP contribution in [0.2, 0.25) is 0 Å². The van der Waals surface area contributed by atoms with E-state index in [0.29, 0.717) is 12.2 Å². The summed E-state index contributed by atoms with van der Waals surface area (Å²) in [5, 5.41) is 0. The molecule has 0 radical (unpaired) electrons. The minimum Gasteiger partial charge on any atom is -0.488 e. The highest BCUT2D eigenvalue weighted by Gasteiger charge is 2.13. The van der Waals surface area contributed by atoms with Gasteiger partial charge in [0, 0.05) is 6.04 Å². The number of hydrogen-bond acceptors (Lipinski definition) is 2. The molecular weight excluding hydrogens is 272 g/mol. The lowest BCUT2D eigenvalue weighted by atomic mass is 10.0. The Labute approximate surface area is 123 Å². The maximum absolute atomic E-state index is 13.6. The third kappa shape index (κ3) is 3.79. The van der Waals surface area contributed by atoms with Crippen molar-refractivity contribution in [2.75, 3.05) is 0 Å². The molecule has 2 rings (SSSR count). The molecule has 2 aromatic rings. The molecule has 21 heavy (non-hydrogen) atoms. The molecule has 0 aliphatic heterocycles. The Morgan fingerprint density at radius 3 is 2.33 bits per heavy atom. The van der Waals surface area contributed by atoms with Crippen LogP contribution in [0.15, 0.2) is 36.4 Å². The number of nitrogens with two attached hydrogens (primary N) is 1. The van der Waals surface area contributed by atoms with Crippen LogP contribution in [0.5, 0.6) is 5.75 Å².